The molecule has 194 valence electrons. The van der Waals surface area contributed by atoms with E-state index in [1.165, 1.54) is 5.56 Å². The van der Waals surface area contributed by atoms with Gasteiger partial charge in [-0.2, -0.15) is 0 Å². The smallest absolute Gasteiger partial charge is 0.322 e. The Morgan fingerprint density at radius 2 is 1.86 bits per heavy atom. The highest BCUT2D eigenvalue weighted by Crippen LogP contribution is 2.29. The lowest BCUT2D eigenvalue weighted by Gasteiger charge is -2.44. The maximum atomic E-state index is 13.3. The molecule has 0 saturated carbocycles. The SMILES string of the molecule is COc1ccccc1NC(=O)N1C[C@@H](O)COC[C@@H]2O[C@H](CC(=O)NCCc3ccccc3)CC[C@H]21. The Balaban J connectivity index is 1.34. The maximum absolute atomic E-state index is 13.3. The average molecular weight is 498 g/mol. The van der Waals surface area contributed by atoms with Gasteiger partial charge in [-0.15, -0.1) is 0 Å². The van der Waals surface area contributed by atoms with E-state index < -0.39 is 12.2 Å². The zero-order valence-electron chi connectivity index (χ0n) is 20.6. The number of carbonyl (C=O) groups excluding carboxylic acids is 2. The highest BCUT2D eigenvalue weighted by Gasteiger charge is 2.40. The number of ether oxygens (including phenoxy) is 3. The zero-order valence-corrected chi connectivity index (χ0v) is 20.6. The van der Waals surface area contributed by atoms with E-state index in [-0.39, 0.29) is 50.3 Å². The number of β-amino-alcohol motifs (C(OH)–C–C–N with tert-alkyl or cyclic N) is 1. The largest absolute Gasteiger partial charge is 0.495 e. The van der Waals surface area contributed by atoms with Crippen molar-refractivity contribution in [3.05, 3.63) is 60.2 Å². The molecule has 0 bridgehead atoms. The lowest BCUT2D eigenvalue weighted by molar-refractivity contribution is -0.149. The molecule has 0 spiro atoms. The number of benzene rings is 2. The van der Waals surface area contributed by atoms with Crippen molar-refractivity contribution in [2.24, 2.45) is 0 Å². The van der Waals surface area contributed by atoms with E-state index >= 15 is 0 Å². The van der Waals surface area contributed by atoms with Crippen molar-refractivity contribution in [2.75, 3.05) is 38.7 Å². The summed E-state index contributed by atoms with van der Waals surface area (Å²) < 4.78 is 17.3. The van der Waals surface area contributed by atoms with Crippen LogP contribution in [0, 0.1) is 0 Å². The molecule has 2 fully saturated rings. The molecule has 2 heterocycles. The van der Waals surface area contributed by atoms with Gasteiger partial charge in [0.05, 0.1) is 57.2 Å². The van der Waals surface area contributed by atoms with Crippen molar-refractivity contribution in [2.45, 2.75) is 50.0 Å². The summed E-state index contributed by atoms with van der Waals surface area (Å²) in [5.41, 5.74) is 1.73. The number of rotatable bonds is 7. The highest BCUT2D eigenvalue weighted by molar-refractivity contribution is 5.91. The Bertz CT molecular complexity index is 1000. The number of hydrogen-bond donors (Lipinski definition) is 3. The molecule has 9 heteroatoms. The average Bonchev–Trinajstić information content (AvgIpc) is 2.87. The van der Waals surface area contributed by atoms with Gasteiger partial charge < -0.3 is 34.9 Å². The molecule has 3 N–H and O–H groups in total. The highest BCUT2D eigenvalue weighted by atomic mass is 16.5. The fourth-order valence-electron chi connectivity index (χ4n) is 4.78. The predicted octanol–water partition coefficient (Wildman–Crippen LogP) is 2.59. The summed E-state index contributed by atoms with van der Waals surface area (Å²) in [5.74, 6) is 0.499. The summed E-state index contributed by atoms with van der Waals surface area (Å²) in [7, 11) is 1.55. The summed E-state index contributed by atoms with van der Waals surface area (Å²) in [6.07, 6.45) is 0.849. The molecule has 36 heavy (non-hydrogen) atoms. The molecular formula is C27H35N3O6. The van der Waals surface area contributed by atoms with E-state index in [1.807, 2.05) is 42.5 Å². The number of methoxy groups -OCH3 is 1. The first kappa shape index (κ1) is 25.9. The maximum Gasteiger partial charge on any atom is 0.322 e. The van der Waals surface area contributed by atoms with E-state index in [0.717, 1.165) is 6.42 Å². The standard InChI is InChI=1S/C27H35N3O6/c1-34-24-10-6-5-9-22(24)29-27(33)30-16-20(31)17-35-18-25-23(30)12-11-21(36-25)15-26(32)28-14-13-19-7-3-2-4-8-19/h2-10,20-21,23,25,31H,11-18H2,1H3,(H,28,32)(H,29,33)/t20-,21+,23-,25+/m1/s1. The molecule has 0 aromatic heterocycles. The minimum Gasteiger partial charge on any atom is -0.495 e. The van der Waals surface area contributed by atoms with Crippen LogP contribution in [0.4, 0.5) is 10.5 Å². The van der Waals surface area contributed by atoms with Gasteiger partial charge in [-0.25, -0.2) is 4.79 Å². The summed E-state index contributed by atoms with van der Waals surface area (Å²) >= 11 is 0. The van der Waals surface area contributed by atoms with Gasteiger partial charge in [0.25, 0.3) is 0 Å². The number of anilines is 1. The molecule has 3 amide bonds. The van der Waals surface area contributed by atoms with E-state index in [2.05, 4.69) is 10.6 Å². The van der Waals surface area contributed by atoms with Crippen molar-refractivity contribution in [1.29, 1.82) is 0 Å². The van der Waals surface area contributed by atoms with E-state index in [9.17, 15) is 14.7 Å². The lowest BCUT2D eigenvalue weighted by atomic mass is 9.95. The van der Waals surface area contributed by atoms with Gasteiger partial charge in [0.2, 0.25) is 5.91 Å². The third kappa shape index (κ3) is 6.96. The van der Waals surface area contributed by atoms with E-state index in [0.29, 0.717) is 30.8 Å². The Labute approximate surface area is 211 Å². The second-order valence-corrected chi connectivity index (χ2v) is 9.20. The second-order valence-electron chi connectivity index (χ2n) is 9.20. The predicted molar refractivity (Wildman–Crippen MR) is 135 cm³/mol. The van der Waals surface area contributed by atoms with Crippen LogP contribution in [0.5, 0.6) is 5.75 Å². The van der Waals surface area contributed by atoms with Crippen LogP contribution >= 0.6 is 0 Å². The first-order valence-corrected chi connectivity index (χ1v) is 12.5. The van der Waals surface area contributed by atoms with Gasteiger partial charge in [-0.1, -0.05) is 42.5 Å². The number of hydrogen-bond acceptors (Lipinski definition) is 6. The van der Waals surface area contributed by atoms with Crippen molar-refractivity contribution >= 4 is 17.6 Å². The molecule has 2 aromatic rings. The minimum absolute atomic E-state index is 0.0534. The molecule has 2 saturated heterocycles. The molecule has 0 radical (unpaired) electrons. The fraction of sp³-hybridized carbons (Fsp3) is 0.481. The van der Waals surface area contributed by atoms with Gasteiger partial charge in [-0.3, -0.25) is 4.79 Å². The number of nitrogens with one attached hydrogen (secondary N) is 2. The lowest BCUT2D eigenvalue weighted by Crippen LogP contribution is -2.58. The summed E-state index contributed by atoms with van der Waals surface area (Å²) in [5, 5.41) is 16.2. The van der Waals surface area contributed by atoms with Crippen molar-refractivity contribution < 1.29 is 28.9 Å². The van der Waals surface area contributed by atoms with Gasteiger partial charge in [0.15, 0.2) is 0 Å². The molecular weight excluding hydrogens is 462 g/mol. The van der Waals surface area contributed by atoms with Crippen molar-refractivity contribution in [1.82, 2.24) is 10.2 Å². The number of aliphatic hydroxyl groups excluding tert-OH is 1. The quantitative estimate of drug-likeness (QED) is 0.543. The number of para-hydroxylation sites is 2. The van der Waals surface area contributed by atoms with Gasteiger partial charge in [-0.05, 0) is 37.0 Å². The summed E-state index contributed by atoms with van der Waals surface area (Å²) in [6, 6.07) is 16.6. The Kier molecular flexibility index (Phi) is 9.16. The third-order valence-corrected chi connectivity index (χ3v) is 6.58. The van der Waals surface area contributed by atoms with Crippen LogP contribution in [0.1, 0.15) is 24.8 Å². The van der Waals surface area contributed by atoms with Crippen LogP contribution < -0.4 is 15.4 Å². The summed E-state index contributed by atoms with van der Waals surface area (Å²) in [6.45, 7) is 1.04. The van der Waals surface area contributed by atoms with Crippen molar-refractivity contribution in [3.8, 4) is 5.75 Å². The number of urea groups is 1. The first-order chi connectivity index (χ1) is 17.5. The Morgan fingerprint density at radius 1 is 1.08 bits per heavy atom. The van der Waals surface area contributed by atoms with Crippen molar-refractivity contribution in [3.63, 3.8) is 0 Å². The molecule has 4 rings (SSSR count). The summed E-state index contributed by atoms with van der Waals surface area (Å²) in [4.78, 5) is 27.4. The van der Waals surface area contributed by atoms with Gasteiger partial charge >= 0.3 is 6.03 Å². The number of aliphatic hydroxyl groups is 1. The van der Waals surface area contributed by atoms with Gasteiger partial charge in [0, 0.05) is 6.54 Å². The number of carbonyl (C=O) groups is 2. The monoisotopic (exact) mass is 497 g/mol. The second kappa shape index (κ2) is 12.7. The topological polar surface area (TPSA) is 109 Å². The zero-order chi connectivity index (χ0) is 25.3. The molecule has 2 aromatic carbocycles. The Morgan fingerprint density at radius 3 is 2.67 bits per heavy atom. The molecule has 9 nitrogen and oxygen atoms in total. The van der Waals surface area contributed by atoms with Crippen LogP contribution in [0.25, 0.3) is 0 Å². The third-order valence-electron chi connectivity index (χ3n) is 6.58. The van der Waals surface area contributed by atoms with Crippen LogP contribution in [0.15, 0.2) is 54.6 Å². The normalized spacial score (nSPS) is 24.1. The molecule has 0 aliphatic carbocycles. The van der Waals surface area contributed by atoms with Crippen LogP contribution in [0.2, 0.25) is 0 Å². The van der Waals surface area contributed by atoms with Crippen LogP contribution in [-0.4, -0.2) is 79.7 Å². The number of amides is 3. The van der Waals surface area contributed by atoms with Crippen LogP contribution in [-0.2, 0) is 20.7 Å². The molecule has 2 aliphatic heterocycles. The van der Waals surface area contributed by atoms with Crippen LogP contribution in [0.3, 0.4) is 0 Å². The molecule has 2 aliphatic rings. The fourth-order valence-corrected chi connectivity index (χ4v) is 4.78. The van der Waals surface area contributed by atoms with Gasteiger partial charge in [0.1, 0.15) is 11.9 Å². The van der Waals surface area contributed by atoms with E-state index in [4.69, 9.17) is 14.2 Å². The van der Waals surface area contributed by atoms with E-state index in [1.54, 1.807) is 24.1 Å². The number of fused-ring (bicyclic) bond motifs is 1. The Hall–Kier alpha value is -3.14. The molecule has 4 atom stereocenters. The number of nitrogens with zero attached hydrogens (tertiary/aromatic N) is 1. The first-order valence-electron chi connectivity index (χ1n) is 12.5. The molecule has 0 unspecified atom stereocenters. The minimum atomic E-state index is -0.803.